The number of carbonyl (C=O) groups is 2. The van der Waals surface area contributed by atoms with Gasteiger partial charge in [-0.3, -0.25) is 9.59 Å². The molecule has 100 valence electrons. The Kier molecular flexibility index (Phi) is 3.85. The summed E-state index contributed by atoms with van der Waals surface area (Å²) >= 11 is 0. The zero-order valence-corrected chi connectivity index (χ0v) is 11.0. The summed E-state index contributed by atoms with van der Waals surface area (Å²) in [6.45, 7) is 0.273. The summed E-state index contributed by atoms with van der Waals surface area (Å²) < 4.78 is 6.43. The Morgan fingerprint density at radius 2 is 2.05 bits per heavy atom. The number of benzene rings is 1. The van der Waals surface area contributed by atoms with Crippen molar-refractivity contribution in [2.24, 2.45) is 7.05 Å². The van der Waals surface area contributed by atoms with Crippen LogP contribution in [0.1, 0.15) is 16.8 Å². The lowest BCUT2D eigenvalue weighted by atomic mass is 10.1. The van der Waals surface area contributed by atoms with Gasteiger partial charge < -0.3 is 14.6 Å². The summed E-state index contributed by atoms with van der Waals surface area (Å²) in [7, 11) is 3.22. The van der Waals surface area contributed by atoms with E-state index in [0.717, 1.165) is 10.9 Å². The van der Waals surface area contributed by atoms with Crippen molar-refractivity contribution in [2.45, 2.75) is 6.42 Å². The quantitative estimate of drug-likeness (QED) is 0.847. The van der Waals surface area contributed by atoms with Gasteiger partial charge in [0.25, 0.3) is 5.91 Å². The van der Waals surface area contributed by atoms with Crippen molar-refractivity contribution in [1.82, 2.24) is 9.88 Å². The summed E-state index contributed by atoms with van der Waals surface area (Å²) in [5, 5.41) is 3.62. The predicted molar refractivity (Wildman–Crippen MR) is 71.9 cm³/mol. The number of para-hydroxylation sites is 1. The summed E-state index contributed by atoms with van der Waals surface area (Å²) in [6, 6.07) is 7.69. The number of ether oxygens (including phenoxy) is 1. The number of fused-ring (bicyclic) bond motifs is 1. The zero-order chi connectivity index (χ0) is 13.8. The summed E-state index contributed by atoms with van der Waals surface area (Å²) in [5.41, 5.74) is 1.61. The molecule has 0 bridgehead atoms. The standard InChI is InChI=1S/C14H16N2O3/c1-16-9-11(10-5-3-4-6-12(10)16)14(18)15-8-7-13(17)19-2/h3-6,9H,7-8H2,1-2H3,(H,15,18). The fourth-order valence-corrected chi connectivity index (χ4v) is 2.00. The van der Waals surface area contributed by atoms with Crippen molar-refractivity contribution in [3.8, 4) is 0 Å². The molecule has 0 radical (unpaired) electrons. The number of amides is 1. The maximum absolute atomic E-state index is 12.1. The van der Waals surface area contributed by atoms with Crippen LogP contribution in [0.15, 0.2) is 30.5 Å². The van der Waals surface area contributed by atoms with Gasteiger partial charge >= 0.3 is 5.97 Å². The molecule has 1 heterocycles. The fourth-order valence-electron chi connectivity index (χ4n) is 2.00. The molecular weight excluding hydrogens is 244 g/mol. The van der Waals surface area contributed by atoms with Crippen LogP contribution in [0.2, 0.25) is 0 Å². The second-order valence-electron chi connectivity index (χ2n) is 4.25. The van der Waals surface area contributed by atoms with Crippen molar-refractivity contribution in [2.75, 3.05) is 13.7 Å². The summed E-state index contributed by atoms with van der Waals surface area (Å²) in [5.74, 6) is -0.515. The highest BCUT2D eigenvalue weighted by Gasteiger charge is 2.13. The van der Waals surface area contributed by atoms with E-state index in [-0.39, 0.29) is 24.8 Å². The van der Waals surface area contributed by atoms with E-state index in [1.54, 1.807) is 6.20 Å². The lowest BCUT2D eigenvalue weighted by molar-refractivity contribution is -0.140. The first kappa shape index (κ1) is 13.1. The maximum atomic E-state index is 12.1. The summed E-state index contributed by atoms with van der Waals surface area (Å²) in [6.07, 6.45) is 1.96. The Bertz CT molecular complexity index is 616. The number of methoxy groups -OCH3 is 1. The highest BCUT2D eigenvalue weighted by Crippen LogP contribution is 2.19. The lowest BCUT2D eigenvalue weighted by Gasteiger charge is -2.03. The van der Waals surface area contributed by atoms with Gasteiger partial charge in [-0.2, -0.15) is 0 Å². The highest BCUT2D eigenvalue weighted by atomic mass is 16.5. The molecule has 0 aliphatic rings. The van der Waals surface area contributed by atoms with Gasteiger partial charge in [0.15, 0.2) is 0 Å². The molecule has 0 aliphatic heterocycles. The smallest absolute Gasteiger partial charge is 0.307 e. The highest BCUT2D eigenvalue weighted by molar-refractivity contribution is 6.07. The van der Waals surface area contributed by atoms with Gasteiger partial charge in [-0.25, -0.2) is 0 Å². The number of aromatic nitrogens is 1. The van der Waals surface area contributed by atoms with Crippen LogP contribution in [-0.2, 0) is 16.6 Å². The Morgan fingerprint density at radius 3 is 2.79 bits per heavy atom. The normalized spacial score (nSPS) is 10.4. The number of hydrogen-bond donors (Lipinski definition) is 1. The Balaban J connectivity index is 2.11. The molecule has 0 saturated carbocycles. The molecule has 0 aliphatic carbocycles. The van der Waals surface area contributed by atoms with Gasteiger partial charge in [-0.1, -0.05) is 18.2 Å². The molecule has 0 saturated heterocycles. The van der Waals surface area contributed by atoms with Crippen LogP contribution in [0, 0.1) is 0 Å². The fraction of sp³-hybridized carbons (Fsp3) is 0.286. The average Bonchev–Trinajstić information content (AvgIpc) is 2.76. The molecule has 5 heteroatoms. The molecule has 1 amide bonds. The number of nitrogens with one attached hydrogen (secondary N) is 1. The van der Waals surface area contributed by atoms with Crippen LogP contribution in [0.5, 0.6) is 0 Å². The van der Waals surface area contributed by atoms with Gasteiger partial charge in [0, 0.05) is 30.7 Å². The average molecular weight is 260 g/mol. The monoisotopic (exact) mass is 260 g/mol. The molecule has 0 spiro atoms. The van der Waals surface area contributed by atoms with Crippen LogP contribution >= 0.6 is 0 Å². The van der Waals surface area contributed by atoms with E-state index in [0.29, 0.717) is 5.56 Å². The maximum Gasteiger partial charge on any atom is 0.307 e. The van der Waals surface area contributed by atoms with Gasteiger partial charge in [0.05, 0.1) is 19.1 Å². The van der Waals surface area contributed by atoms with Gasteiger partial charge in [0.1, 0.15) is 0 Å². The van der Waals surface area contributed by atoms with E-state index >= 15 is 0 Å². The topological polar surface area (TPSA) is 60.3 Å². The number of hydrogen-bond acceptors (Lipinski definition) is 3. The minimum Gasteiger partial charge on any atom is -0.469 e. The van der Waals surface area contributed by atoms with E-state index in [1.165, 1.54) is 7.11 Å². The van der Waals surface area contributed by atoms with Crippen LogP contribution in [-0.4, -0.2) is 30.1 Å². The van der Waals surface area contributed by atoms with Crippen molar-refractivity contribution < 1.29 is 14.3 Å². The molecule has 0 unspecified atom stereocenters. The first-order chi connectivity index (χ1) is 9.13. The molecule has 0 fully saturated rings. The second-order valence-corrected chi connectivity index (χ2v) is 4.25. The van der Waals surface area contributed by atoms with Crippen molar-refractivity contribution in [1.29, 1.82) is 0 Å². The third kappa shape index (κ3) is 2.76. The first-order valence-corrected chi connectivity index (χ1v) is 6.02. The SMILES string of the molecule is COC(=O)CCNC(=O)c1cn(C)c2ccccc12. The third-order valence-corrected chi connectivity index (χ3v) is 2.98. The van der Waals surface area contributed by atoms with Gasteiger partial charge in [-0.15, -0.1) is 0 Å². The second kappa shape index (κ2) is 5.56. The number of carbonyl (C=O) groups excluding carboxylic acids is 2. The van der Waals surface area contributed by atoms with Gasteiger partial charge in [0.2, 0.25) is 0 Å². The molecule has 5 nitrogen and oxygen atoms in total. The molecule has 2 aromatic rings. The van der Waals surface area contributed by atoms with E-state index in [4.69, 9.17) is 0 Å². The van der Waals surface area contributed by atoms with Gasteiger partial charge in [-0.05, 0) is 6.07 Å². The number of nitrogens with zero attached hydrogens (tertiary/aromatic N) is 1. The molecule has 19 heavy (non-hydrogen) atoms. The van der Waals surface area contributed by atoms with E-state index in [2.05, 4.69) is 10.1 Å². The van der Waals surface area contributed by atoms with Crippen molar-refractivity contribution >= 4 is 22.8 Å². The zero-order valence-electron chi connectivity index (χ0n) is 11.0. The minimum absolute atomic E-state index is 0.174. The van der Waals surface area contributed by atoms with Crippen LogP contribution < -0.4 is 5.32 Å². The third-order valence-electron chi connectivity index (χ3n) is 2.98. The summed E-state index contributed by atoms with van der Waals surface area (Å²) in [4.78, 5) is 23.0. The lowest BCUT2D eigenvalue weighted by Crippen LogP contribution is -2.26. The van der Waals surface area contributed by atoms with E-state index in [9.17, 15) is 9.59 Å². The van der Waals surface area contributed by atoms with E-state index < -0.39 is 0 Å². The Labute approximate surface area is 111 Å². The largest absolute Gasteiger partial charge is 0.469 e. The number of esters is 1. The molecule has 1 aromatic carbocycles. The van der Waals surface area contributed by atoms with Crippen molar-refractivity contribution in [3.05, 3.63) is 36.0 Å². The van der Waals surface area contributed by atoms with E-state index in [1.807, 2.05) is 35.9 Å². The molecule has 0 atom stereocenters. The minimum atomic E-state index is -0.335. The number of rotatable bonds is 4. The molecule has 2 rings (SSSR count). The molecular formula is C14H16N2O3. The Hall–Kier alpha value is -2.30. The van der Waals surface area contributed by atoms with Crippen molar-refractivity contribution in [3.63, 3.8) is 0 Å². The number of aryl methyl sites for hydroxylation is 1. The van der Waals surface area contributed by atoms with Crippen LogP contribution in [0.25, 0.3) is 10.9 Å². The molecule has 1 N–H and O–H groups in total. The van der Waals surface area contributed by atoms with Crippen LogP contribution in [0.3, 0.4) is 0 Å². The van der Waals surface area contributed by atoms with Crippen LogP contribution in [0.4, 0.5) is 0 Å². The first-order valence-electron chi connectivity index (χ1n) is 6.02. The molecule has 1 aromatic heterocycles. The Morgan fingerprint density at radius 1 is 1.32 bits per heavy atom. The predicted octanol–water partition coefficient (Wildman–Crippen LogP) is 1.47.